The van der Waals surface area contributed by atoms with E-state index in [4.69, 9.17) is 9.47 Å². The van der Waals surface area contributed by atoms with Crippen molar-refractivity contribution in [2.24, 2.45) is 5.92 Å². The summed E-state index contributed by atoms with van der Waals surface area (Å²) < 4.78 is 10.2. The van der Waals surface area contributed by atoms with Crippen LogP contribution in [0, 0.1) is 12.8 Å². The van der Waals surface area contributed by atoms with Crippen LogP contribution in [0.3, 0.4) is 0 Å². The standard InChI is InChI=1S/C18H25NO4/c1-13-8-6-7-11-16(13)17(20)22-14(2)23-18(21)19-12-15-9-4-3-5-10-15/h6-8,11,14-15H,3-5,9-10,12H2,1-2H3,(H,19,21). The smallest absolute Gasteiger partial charge is 0.410 e. The number of hydrogen-bond acceptors (Lipinski definition) is 4. The molecule has 0 aromatic heterocycles. The molecule has 1 N–H and O–H groups in total. The van der Waals surface area contributed by atoms with Crippen LogP contribution in [0.4, 0.5) is 4.79 Å². The second-order valence-corrected chi connectivity index (χ2v) is 6.08. The highest BCUT2D eigenvalue weighted by atomic mass is 16.7. The summed E-state index contributed by atoms with van der Waals surface area (Å²) in [6, 6.07) is 7.14. The number of hydrogen-bond donors (Lipinski definition) is 1. The molecule has 0 heterocycles. The third-order valence-corrected chi connectivity index (χ3v) is 4.17. The van der Waals surface area contributed by atoms with Gasteiger partial charge in [-0.3, -0.25) is 0 Å². The van der Waals surface area contributed by atoms with E-state index in [1.54, 1.807) is 12.1 Å². The molecule has 1 aliphatic carbocycles. The van der Waals surface area contributed by atoms with Gasteiger partial charge in [-0.25, -0.2) is 9.59 Å². The Morgan fingerprint density at radius 3 is 2.57 bits per heavy atom. The van der Waals surface area contributed by atoms with Crippen LogP contribution in [0.15, 0.2) is 24.3 Å². The van der Waals surface area contributed by atoms with E-state index < -0.39 is 18.4 Å². The Bertz CT molecular complexity index is 538. The van der Waals surface area contributed by atoms with Gasteiger partial charge in [0.15, 0.2) is 0 Å². The van der Waals surface area contributed by atoms with Crippen LogP contribution in [0.25, 0.3) is 0 Å². The Kier molecular flexibility index (Phi) is 6.44. The lowest BCUT2D eigenvalue weighted by atomic mass is 9.89. The van der Waals surface area contributed by atoms with E-state index in [2.05, 4.69) is 5.32 Å². The number of carbonyl (C=O) groups excluding carboxylic acids is 2. The van der Waals surface area contributed by atoms with Crippen molar-refractivity contribution in [2.75, 3.05) is 6.54 Å². The van der Waals surface area contributed by atoms with Crippen LogP contribution in [-0.4, -0.2) is 24.9 Å². The predicted molar refractivity (Wildman–Crippen MR) is 87.1 cm³/mol. The van der Waals surface area contributed by atoms with E-state index in [0.29, 0.717) is 18.0 Å². The monoisotopic (exact) mass is 319 g/mol. The quantitative estimate of drug-likeness (QED) is 0.662. The maximum absolute atomic E-state index is 12.0. The molecule has 126 valence electrons. The van der Waals surface area contributed by atoms with Gasteiger partial charge in [-0.15, -0.1) is 0 Å². The van der Waals surface area contributed by atoms with Crippen LogP contribution in [0.2, 0.25) is 0 Å². The third kappa shape index (κ3) is 5.58. The maximum Gasteiger partial charge on any atom is 0.410 e. The van der Waals surface area contributed by atoms with E-state index >= 15 is 0 Å². The first-order valence-electron chi connectivity index (χ1n) is 8.27. The van der Waals surface area contributed by atoms with Gasteiger partial charge in [0.2, 0.25) is 6.29 Å². The number of nitrogens with one attached hydrogen (secondary N) is 1. The van der Waals surface area contributed by atoms with E-state index in [1.807, 2.05) is 19.1 Å². The van der Waals surface area contributed by atoms with Gasteiger partial charge in [0.25, 0.3) is 0 Å². The fourth-order valence-corrected chi connectivity index (χ4v) is 2.85. The van der Waals surface area contributed by atoms with Gasteiger partial charge in [-0.05, 0) is 37.3 Å². The molecule has 1 saturated carbocycles. The molecular formula is C18H25NO4. The highest BCUT2D eigenvalue weighted by Crippen LogP contribution is 2.22. The first kappa shape index (κ1) is 17.3. The number of esters is 1. The molecule has 1 unspecified atom stereocenters. The second kappa shape index (κ2) is 8.56. The van der Waals surface area contributed by atoms with Crippen molar-refractivity contribution in [2.45, 2.75) is 52.2 Å². The van der Waals surface area contributed by atoms with Crippen molar-refractivity contribution < 1.29 is 19.1 Å². The molecule has 23 heavy (non-hydrogen) atoms. The molecule has 0 aliphatic heterocycles. The van der Waals surface area contributed by atoms with Crippen molar-refractivity contribution in [1.82, 2.24) is 5.32 Å². The van der Waals surface area contributed by atoms with Crippen LogP contribution >= 0.6 is 0 Å². The number of carbonyl (C=O) groups is 2. The molecule has 5 nitrogen and oxygen atoms in total. The first-order chi connectivity index (χ1) is 11.1. The van der Waals surface area contributed by atoms with Crippen molar-refractivity contribution in [1.29, 1.82) is 0 Å². The first-order valence-corrected chi connectivity index (χ1v) is 8.27. The summed E-state index contributed by atoms with van der Waals surface area (Å²) in [6.45, 7) is 3.99. The number of benzene rings is 1. The van der Waals surface area contributed by atoms with Gasteiger partial charge in [0, 0.05) is 13.5 Å². The average molecular weight is 319 g/mol. The normalized spacial score (nSPS) is 16.4. The lowest BCUT2D eigenvalue weighted by Gasteiger charge is -2.22. The third-order valence-electron chi connectivity index (χ3n) is 4.17. The minimum Gasteiger partial charge on any atom is -0.422 e. The predicted octanol–water partition coefficient (Wildman–Crippen LogP) is 3.80. The van der Waals surface area contributed by atoms with Gasteiger partial charge in [-0.1, -0.05) is 37.5 Å². The zero-order chi connectivity index (χ0) is 16.7. The minimum absolute atomic E-state index is 0.477. The zero-order valence-corrected chi connectivity index (χ0v) is 13.8. The van der Waals surface area contributed by atoms with Crippen LogP contribution < -0.4 is 5.32 Å². The molecule has 0 spiro atoms. The maximum atomic E-state index is 12.0. The second-order valence-electron chi connectivity index (χ2n) is 6.08. The van der Waals surface area contributed by atoms with E-state index in [-0.39, 0.29) is 0 Å². The molecule has 1 fully saturated rings. The van der Waals surface area contributed by atoms with E-state index in [9.17, 15) is 9.59 Å². The Morgan fingerprint density at radius 1 is 1.17 bits per heavy atom. The van der Waals surface area contributed by atoms with Gasteiger partial charge < -0.3 is 14.8 Å². The number of alkyl carbamates (subject to hydrolysis) is 1. The summed E-state index contributed by atoms with van der Waals surface area (Å²) in [6.07, 6.45) is 4.58. The Balaban J connectivity index is 1.73. The molecule has 1 amide bonds. The summed E-state index contributed by atoms with van der Waals surface area (Å²) in [5.41, 5.74) is 1.30. The van der Waals surface area contributed by atoms with Crippen LogP contribution in [-0.2, 0) is 9.47 Å². The summed E-state index contributed by atoms with van der Waals surface area (Å²) in [4.78, 5) is 23.8. The minimum atomic E-state index is -0.923. The molecular weight excluding hydrogens is 294 g/mol. The highest BCUT2D eigenvalue weighted by Gasteiger charge is 2.18. The van der Waals surface area contributed by atoms with Crippen LogP contribution in [0.5, 0.6) is 0 Å². The van der Waals surface area contributed by atoms with Crippen molar-refractivity contribution in [3.63, 3.8) is 0 Å². The average Bonchev–Trinajstić information content (AvgIpc) is 2.54. The molecule has 0 bridgehead atoms. The van der Waals surface area contributed by atoms with E-state index in [1.165, 1.54) is 26.2 Å². The summed E-state index contributed by atoms with van der Waals surface area (Å²) in [5.74, 6) is 0.0387. The lowest BCUT2D eigenvalue weighted by molar-refractivity contribution is -0.0603. The van der Waals surface area contributed by atoms with Gasteiger partial charge in [0.1, 0.15) is 0 Å². The molecule has 1 aromatic rings. The van der Waals surface area contributed by atoms with Crippen LogP contribution in [0.1, 0.15) is 54.9 Å². The van der Waals surface area contributed by atoms with Gasteiger partial charge in [0.05, 0.1) is 5.56 Å². The molecule has 0 radical (unpaired) electrons. The summed E-state index contributed by atoms with van der Waals surface area (Å²) in [7, 11) is 0. The fourth-order valence-electron chi connectivity index (χ4n) is 2.85. The number of rotatable bonds is 5. The molecule has 1 atom stereocenters. The number of ether oxygens (including phenoxy) is 2. The van der Waals surface area contributed by atoms with E-state index in [0.717, 1.165) is 18.4 Å². The highest BCUT2D eigenvalue weighted by molar-refractivity contribution is 5.91. The molecule has 5 heteroatoms. The zero-order valence-electron chi connectivity index (χ0n) is 13.8. The van der Waals surface area contributed by atoms with Gasteiger partial charge in [-0.2, -0.15) is 0 Å². The van der Waals surface area contributed by atoms with Crippen molar-refractivity contribution >= 4 is 12.1 Å². The van der Waals surface area contributed by atoms with Gasteiger partial charge >= 0.3 is 12.1 Å². The topological polar surface area (TPSA) is 64.6 Å². The molecule has 1 aromatic carbocycles. The molecule has 2 rings (SSSR count). The molecule has 1 aliphatic rings. The number of amides is 1. The Labute approximate surface area is 137 Å². The van der Waals surface area contributed by atoms with Crippen molar-refractivity contribution in [3.05, 3.63) is 35.4 Å². The Hall–Kier alpha value is -2.04. The summed E-state index contributed by atoms with van der Waals surface area (Å²) in [5, 5.41) is 2.76. The Morgan fingerprint density at radius 2 is 1.87 bits per heavy atom. The summed E-state index contributed by atoms with van der Waals surface area (Å²) >= 11 is 0. The fraction of sp³-hybridized carbons (Fsp3) is 0.556. The lowest BCUT2D eigenvalue weighted by Crippen LogP contribution is -2.34. The largest absolute Gasteiger partial charge is 0.422 e. The van der Waals surface area contributed by atoms with Crippen molar-refractivity contribution in [3.8, 4) is 0 Å². The number of aryl methyl sites for hydroxylation is 1. The molecule has 0 saturated heterocycles. The SMILES string of the molecule is Cc1ccccc1C(=O)OC(C)OC(=O)NCC1CCCCC1.